The Labute approximate surface area is 86.7 Å². The number of nitrogens with two attached hydrogens (primary N) is 1. The van der Waals surface area contributed by atoms with E-state index in [2.05, 4.69) is 37.1 Å². The van der Waals surface area contributed by atoms with Gasteiger partial charge in [-0.25, -0.2) is 0 Å². The molecule has 2 nitrogen and oxygen atoms in total. The van der Waals surface area contributed by atoms with Gasteiger partial charge in [-0.1, -0.05) is 25.1 Å². The summed E-state index contributed by atoms with van der Waals surface area (Å²) in [7, 11) is 2.12. The molecule has 0 aliphatic rings. The molecule has 0 bridgehead atoms. The lowest BCUT2D eigenvalue weighted by molar-refractivity contribution is 0.791. The quantitative estimate of drug-likeness (QED) is 0.794. The normalized spacial score (nSPS) is 12.6. The molecule has 78 valence electrons. The smallest absolute Gasteiger partial charge is 0.0411 e. The van der Waals surface area contributed by atoms with Crippen molar-refractivity contribution in [3.63, 3.8) is 0 Å². The summed E-state index contributed by atoms with van der Waals surface area (Å²) in [5.41, 5.74) is 8.40. The first-order chi connectivity index (χ1) is 6.66. The van der Waals surface area contributed by atoms with E-state index in [1.807, 2.05) is 13.0 Å². The molecule has 1 aromatic carbocycles. The Morgan fingerprint density at radius 3 is 2.57 bits per heavy atom. The third kappa shape index (κ3) is 2.48. The number of rotatable bonds is 4. The average molecular weight is 192 g/mol. The Morgan fingerprint density at radius 1 is 1.36 bits per heavy atom. The second-order valence-corrected chi connectivity index (χ2v) is 3.77. The van der Waals surface area contributed by atoms with E-state index in [1.54, 1.807) is 0 Å². The lowest BCUT2D eigenvalue weighted by Crippen LogP contribution is -2.21. The Balaban J connectivity index is 2.94. The Hall–Kier alpha value is -1.02. The molecule has 1 rings (SSSR count). The van der Waals surface area contributed by atoms with Crippen LogP contribution in [0.3, 0.4) is 0 Å². The topological polar surface area (TPSA) is 29.3 Å². The van der Waals surface area contributed by atoms with Gasteiger partial charge >= 0.3 is 0 Å². The van der Waals surface area contributed by atoms with Crippen molar-refractivity contribution in [1.82, 2.24) is 0 Å². The molecule has 0 heterocycles. The number of hydrogen-bond donors (Lipinski definition) is 1. The molecule has 2 N–H and O–H groups in total. The Morgan fingerprint density at radius 2 is 2.00 bits per heavy atom. The minimum absolute atomic E-state index is 0.102. The number of nitrogens with zero attached hydrogens (tertiary/aromatic N) is 1. The van der Waals surface area contributed by atoms with Crippen molar-refractivity contribution in [2.24, 2.45) is 5.73 Å². The molecule has 0 aliphatic heterocycles. The van der Waals surface area contributed by atoms with E-state index in [4.69, 9.17) is 5.73 Å². The highest BCUT2D eigenvalue weighted by atomic mass is 15.1. The minimum atomic E-state index is 0.102. The van der Waals surface area contributed by atoms with Crippen LogP contribution in [0.15, 0.2) is 24.3 Å². The highest BCUT2D eigenvalue weighted by Crippen LogP contribution is 2.23. The zero-order valence-corrected chi connectivity index (χ0v) is 9.33. The van der Waals surface area contributed by atoms with Crippen molar-refractivity contribution in [3.8, 4) is 0 Å². The molecular formula is C12H20N2. The second kappa shape index (κ2) is 5.01. The summed E-state index contributed by atoms with van der Waals surface area (Å²) in [6.07, 6.45) is 1.16. The van der Waals surface area contributed by atoms with Gasteiger partial charge in [-0.05, 0) is 25.0 Å². The third-order valence-corrected chi connectivity index (χ3v) is 2.40. The van der Waals surface area contributed by atoms with Crippen molar-refractivity contribution < 1.29 is 0 Å². The fraction of sp³-hybridized carbons (Fsp3) is 0.500. The van der Waals surface area contributed by atoms with Crippen LogP contribution in [0.2, 0.25) is 0 Å². The van der Waals surface area contributed by atoms with Crippen LogP contribution in [0.5, 0.6) is 0 Å². The number of benzene rings is 1. The molecule has 0 saturated carbocycles. The number of anilines is 1. The third-order valence-electron chi connectivity index (χ3n) is 2.40. The summed E-state index contributed by atoms with van der Waals surface area (Å²) in [6, 6.07) is 8.45. The van der Waals surface area contributed by atoms with E-state index in [0.717, 1.165) is 13.0 Å². The molecule has 0 fully saturated rings. The summed E-state index contributed by atoms with van der Waals surface area (Å²) in [5.74, 6) is 0. The maximum Gasteiger partial charge on any atom is 0.0411 e. The van der Waals surface area contributed by atoms with Crippen LogP contribution < -0.4 is 10.6 Å². The summed E-state index contributed by atoms with van der Waals surface area (Å²) in [6.45, 7) is 5.29. The van der Waals surface area contributed by atoms with Crippen molar-refractivity contribution in [1.29, 1.82) is 0 Å². The van der Waals surface area contributed by atoms with E-state index in [9.17, 15) is 0 Å². The molecule has 0 amide bonds. The molecule has 0 spiro atoms. The molecular weight excluding hydrogens is 172 g/mol. The van der Waals surface area contributed by atoms with Crippen LogP contribution in [0.4, 0.5) is 5.69 Å². The van der Waals surface area contributed by atoms with E-state index in [1.165, 1.54) is 11.3 Å². The fourth-order valence-corrected chi connectivity index (χ4v) is 1.68. The van der Waals surface area contributed by atoms with E-state index >= 15 is 0 Å². The zero-order valence-electron chi connectivity index (χ0n) is 9.33. The zero-order chi connectivity index (χ0) is 10.6. The maximum atomic E-state index is 5.92. The van der Waals surface area contributed by atoms with Gasteiger partial charge in [-0.2, -0.15) is 0 Å². The van der Waals surface area contributed by atoms with Crippen LogP contribution in [0.25, 0.3) is 0 Å². The monoisotopic (exact) mass is 192 g/mol. The fourth-order valence-electron chi connectivity index (χ4n) is 1.68. The predicted octanol–water partition coefficient (Wildman–Crippen LogP) is 2.55. The highest BCUT2D eigenvalue weighted by Gasteiger charge is 2.08. The molecule has 2 heteroatoms. The van der Waals surface area contributed by atoms with Crippen LogP contribution in [0.1, 0.15) is 31.9 Å². The van der Waals surface area contributed by atoms with Crippen LogP contribution in [-0.4, -0.2) is 13.6 Å². The van der Waals surface area contributed by atoms with Crippen molar-refractivity contribution in [2.45, 2.75) is 26.3 Å². The molecule has 1 aromatic rings. The molecule has 0 aromatic heterocycles. The van der Waals surface area contributed by atoms with E-state index < -0.39 is 0 Å². The van der Waals surface area contributed by atoms with Gasteiger partial charge in [-0.3, -0.25) is 0 Å². The molecule has 0 radical (unpaired) electrons. The second-order valence-electron chi connectivity index (χ2n) is 3.77. The summed E-state index contributed by atoms with van der Waals surface area (Å²) in [5, 5.41) is 0. The molecule has 0 aliphatic carbocycles. The first kappa shape index (κ1) is 11.1. The van der Waals surface area contributed by atoms with E-state index in [0.29, 0.717) is 0 Å². The van der Waals surface area contributed by atoms with Gasteiger partial charge < -0.3 is 10.6 Å². The Kier molecular flexibility index (Phi) is 3.96. The van der Waals surface area contributed by atoms with Crippen molar-refractivity contribution in [2.75, 3.05) is 18.5 Å². The molecule has 0 saturated heterocycles. The molecule has 0 unspecified atom stereocenters. The predicted molar refractivity (Wildman–Crippen MR) is 62.6 cm³/mol. The Bertz CT molecular complexity index is 281. The average Bonchev–Trinajstić information content (AvgIpc) is 2.18. The number of hydrogen-bond acceptors (Lipinski definition) is 2. The summed E-state index contributed by atoms with van der Waals surface area (Å²) >= 11 is 0. The minimum Gasteiger partial charge on any atom is -0.374 e. The van der Waals surface area contributed by atoms with Crippen molar-refractivity contribution in [3.05, 3.63) is 29.8 Å². The molecule has 14 heavy (non-hydrogen) atoms. The van der Waals surface area contributed by atoms with Crippen molar-refractivity contribution >= 4 is 5.69 Å². The first-order valence-corrected chi connectivity index (χ1v) is 5.22. The van der Waals surface area contributed by atoms with Crippen LogP contribution in [-0.2, 0) is 0 Å². The number of para-hydroxylation sites is 1. The van der Waals surface area contributed by atoms with Gasteiger partial charge in [0.2, 0.25) is 0 Å². The lowest BCUT2D eigenvalue weighted by atomic mass is 10.1. The van der Waals surface area contributed by atoms with Crippen LogP contribution >= 0.6 is 0 Å². The standard InChI is InChI=1S/C12H20N2/c1-4-9-14(3)12-8-6-5-7-11(12)10(2)13/h5-8,10H,4,9,13H2,1-3H3/t10-/m0/s1. The highest BCUT2D eigenvalue weighted by molar-refractivity contribution is 5.54. The summed E-state index contributed by atoms with van der Waals surface area (Å²) < 4.78 is 0. The largest absolute Gasteiger partial charge is 0.374 e. The van der Waals surface area contributed by atoms with E-state index in [-0.39, 0.29) is 6.04 Å². The van der Waals surface area contributed by atoms with Gasteiger partial charge in [0, 0.05) is 25.3 Å². The van der Waals surface area contributed by atoms with Gasteiger partial charge in [0.25, 0.3) is 0 Å². The lowest BCUT2D eigenvalue weighted by Gasteiger charge is -2.23. The first-order valence-electron chi connectivity index (χ1n) is 5.22. The van der Waals surface area contributed by atoms with Gasteiger partial charge in [-0.15, -0.1) is 0 Å². The molecule has 1 atom stereocenters. The van der Waals surface area contributed by atoms with Gasteiger partial charge in [0.05, 0.1) is 0 Å². The van der Waals surface area contributed by atoms with Gasteiger partial charge in [0.15, 0.2) is 0 Å². The van der Waals surface area contributed by atoms with Crippen LogP contribution in [0, 0.1) is 0 Å². The maximum absolute atomic E-state index is 5.92. The summed E-state index contributed by atoms with van der Waals surface area (Å²) in [4.78, 5) is 2.26. The van der Waals surface area contributed by atoms with Gasteiger partial charge in [0.1, 0.15) is 0 Å². The SMILES string of the molecule is CCCN(C)c1ccccc1[C@H](C)N.